The minimum atomic E-state index is -0.176. The highest BCUT2D eigenvalue weighted by Crippen LogP contribution is 2.30. The normalized spacial score (nSPS) is 14.1. The van der Waals surface area contributed by atoms with Gasteiger partial charge < -0.3 is 15.0 Å². The third-order valence-electron chi connectivity index (χ3n) is 4.87. The number of carbonyl (C=O) groups is 1. The number of morpholine rings is 1. The van der Waals surface area contributed by atoms with Crippen molar-refractivity contribution in [3.63, 3.8) is 0 Å². The summed E-state index contributed by atoms with van der Waals surface area (Å²) in [5.74, 6) is 0.701. The number of hydrogen-bond donors (Lipinski definition) is 1. The summed E-state index contributed by atoms with van der Waals surface area (Å²) < 4.78 is 7.17. The Labute approximate surface area is 175 Å². The van der Waals surface area contributed by atoms with E-state index in [4.69, 9.17) is 21.4 Å². The molecular weight excluding hydrogens is 388 g/mol. The molecule has 1 fully saturated rings. The zero-order valence-corrected chi connectivity index (χ0v) is 17.0. The first-order valence-electron chi connectivity index (χ1n) is 9.62. The molecule has 0 bridgehead atoms. The Morgan fingerprint density at radius 1 is 1.14 bits per heavy atom. The second-order valence-electron chi connectivity index (χ2n) is 7.06. The molecule has 1 aromatic heterocycles. The fourth-order valence-corrected chi connectivity index (χ4v) is 3.52. The molecule has 0 saturated carbocycles. The molecule has 0 unspecified atom stereocenters. The van der Waals surface area contributed by atoms with Crippen molar-refractivity contribution in [3.05, 3.63) is 65.3 Å². The highest BCUT2D eigenvalue weighted by molar-refractivity contribution is 6.33. The van der Waals surface area contributed by atoms with Crippen molar-refractivity contribution >= 4 is 29.0 Å². The lowest BCUT2D eigenvalue weighted by Gasteiger charge is -2.27. The second-order valence-corrected chi connectivity index (χ2v) is 7.46. The van der Waals surface area contributed by atoms with Gasteiger partial charge in [-0.1, -0.05) is 53.6 Å². The lowest BCUT2D eigenvalue weighted by molar-refractivity contribution is -0.116. The van der Waals surface area contributed by atoms with Crippen molar-refractivity contribution in [3.8, 4) is 11.1 Å². The maximum atomic E-state index is 12.5. The van der Waals surface area contributed by atoms with Crippen molar-refractivity contribution < 1.29 is 9.53 Å². The number of nitrogens with one attached hydrogen (secondary N) is 1. The molecule has 2 aromatic carbocycles. The van der Waals surface area contributed by atoms with Crippen LogP contribution in [0, 0.1) is 6.92 Å². The number of anilines is 2. The molecule has 1 saturated heterocycles. The molecule has 2 heterocycles. The molecule has 0 spiro atoms. The lowest BCUT2D eigenvalue weighted by atomic mass is 10.1. The Kier molecular flexibility index (Phi) is 5.83. The molecule has 1 amide bonds. The van der Waals surface area contributed by atoms with Crippen LogP contribution in [0.4, 0.5) is 11.5 Å². The fourth-order valence-electron chi connectivity index (χ4n) is 3.34. The summed E-state index contributed by atoms with van der Waals surface area (Å²) >= 11 is 6.14. The highest BCUT2D eigenvalue weighted by atomic mass is 35.5. The van der Waals surface area contributed by atoms with E-state index < -0.39 is 0 Å². The summed E-state index contributed by atoms with van der Waals surface area (Å²) in [6, 6.07) is 15.5. The van der Waals surface area contributed by atoms with Crippen LogP contribution in [0.3, 0.4) is 0 Å². The number of hydrogen-bond acceptors (Lipinski definition) is 4. The van der Waals surface area contributed by atoms with Crippen LogP contribution < -0.4 is 10.2 Å². The highest BCUT2D eigenvalue weighted by Gasteiger charge is 2.20. The van der Waals surface area contributed by atoms with Crippen LogP contribution >= 0.6 is 11.6 Å². The summed E-state index contributed by atoms with van der Waals surface area (Å²) in [7, 11) is 0. The van der Waals surface area contributed by atoms with Crippen molar-refractivity contribution in [2.45, 2.75) is 13.5 Å². The van der Waals surface area contributed by atoms with Crippen molar-refractivity contribution in [1.29, 1.82) is 0 Å². The van der Waals surface area contributed by atoms with E-state index in [1.807, 2.05) is 18.3 Å². The van der Waals surface area contributed by atoms with Crippen LogP contribution in [0.5, 0.6) is 0 Å². The molecule has 0 aliphatic carbocycles. The lowest BCUT2D eigenvalue weighted by Crippen LogP contribution is -2.36. The van der Waals surface area contributed by atoms with Gasteiger partial charge in [-0.3, -0.25) is 9.48 Å². The number of aromatic nitrogens is 2. The van der Waals surface area contributed by atoms with Crippen LogP contribution in [0.2, 0.25) is 5.02 Å². The standard InChI is InChI=1S/C22H23ClN4O2/c1-16-6-8-17(9-7-16)18-14-27(25-22(18)26-10-12-29-13-11-26)15-21(28)24-20-5-3-2-4-19(20)23/h2-9,14H,10-13,15H2,1H3,(H,24,28). The van der Waals surface area contributed by atoms with E-state index in [0.29, 0.717) is 23.9 Å². The number of nitrogens with zero attached hydrogens (tertiary/aromatic N) is 3. The van der Waals surface area contributed by atoms with Crippen LogP contribution in [0.15, 0.2) is 54.7 Å². The number of carbonyl (C=O) groups excluding carboxylic acids is 1. The summed E-state index contributed by atoms with van der Waals surface area (Å²) in [6.07, 6.45) is 1.93. The second kappa shape index (κ2) is 8.68. The molecule has 1 aliphatic rings. The van der Waals surface area contributed by atoms with Gasteiger partial charge in [0.05, 0.1) is 23.9 Å². The largest absolute Gasteiger partial charge is 0.378 e. The van der Waals surface area contributed by atoms with Gasteiger partial charge in [0.25, 0.3) is 0 Å². The van der Waals surface area contributed by atoms with E-state index in [9.17, 15) is 4.79 Å². The van der Waals surface area contributed by atoms with Crippen molar-refractivity contribution in [2.24, 2.45) is 0 Å². The van der Waals surface area contributed by atoms with Gasteiger partial charge in [0, 0.05) is 24.8 Å². The molecule has 3 aromatic rings. The Bertz CT molecular complexity index is 994. The summed E-state index contributed by atoms with van der Waals surface area (Å²) in [4.78, 5) is 14.8. The topological polar surface area (TPSA) is 59.4 Å². The van der Waals surface area contributed by atoms with Crippen LogP contribution in [0.25, 0.3) is 11.1 Å². The zero-order valence-electron chi connectivity index (χ0n) is 16.3. The number of benzene rings is 2. The Hall–Kier alpha value is -2.83. The minimum absolute atomic E-state index is 0.106. The Balaban J connectivity index is 1.59. The zero-order chi connectivity index (χ0) is 20.2. The van der Waals surface area contributed by atoms with Crippen LogP contribution in [-0.4, -0.2) is 42.0 Å². The summed E-state index contributed by atoms with van der Waals surface area (Å²) in [5.41, 5.74) is 3.89. The molecular formula is C22H23ClN4O2. The molecule has 4 rings (SSSR count). The van der Waals surface area contributed by atoms with Gasteiger partial charge in [-0.2, -0.15) is 5.10 Å². The Morgan fingerprint density at radius 2 is 1.86 bits per heavy atom. The van der Waals surface area contributed by atoms with Gasteiger partial charge in [-0.15, -0.1) is 0 Å². The van der Waals surface area contributed by atoms with Crippen molar-refractivity contribution in [2.75, 3.05) is 36.5 Å². The number of aryl methyl sites for hydroxylation is 1. The van der Waals surface area contributed by atoms with Crippen LogP contribution in [-0.2, 0) is 16.1 Å². The van der Waals surface area contributed by atoms with E-state index in [1.165, 1.54) is 5.56 Å². The van der Waals surface area contributed by atoms with E-state index in [-0.39, 0.29) is 12.5 Å². The van der Waals surface area contributed by atoms with Gasteiger partial charge in [-0.05, 0) is 24.6 Å². The summed E-state index contributed by atoms with van der Waals surface area (Å²) in [6.45, 7) is 5.08. The molecule has 7 heteroatoms. The predicted octanol–water partition coefficient (Wildman–Crippen LogP) is 3.99. The number of ether oxygens (including phenoxy) is 1. The summed E-state index contributed by atoms with van der Waals surface area (Å²) in [5, 5.41) is 8.09. The quantitative estimate of drug-likeness (QED) is 0.691. The molecule has 29 heavy (non-hydrogen) atoms. The van der Waals surface area contributed by atoms with Gasteiger partial charge in [0.15, 0.2) is 5.82 Å². The first-order valence-corrected chi connectivity index (χ1v) is 9.99. The molecule has 6 nitrogen and oxygen atoms in total. The van der Waals surface area contributed by atoms with E-state index in [0.717, 1.165) is 30.0 Å². The van der Waals surface area contributed by atoms with Crippen LogP contribution in [0.1, 0.15) is 5.56 Å². The smallest absolute Gasteiger partial charge is 0.246 e. The minimum Gasteiger partial charge on any atom is -0.378 e. The maximum absolute atomic E-state index is 12.5. The monoisotopic (exact) mass is 410 g/mol. The maximum Gasteiger partial charge on any atom is 0.246 e. The average Bonchev–Trinajstić information content (AvgIpc) is 3.14. The van der Waals surface area contributed by atoms with Gasteiger partial charge in [0.2, 0.25) is 5.91 Å². The number of halogens is 1. The molecule has 150 valence electrons. The van der Waals surface area contributed by atoms with Gasteiger partial charge >= 0.3 is 0 Å². The predicted molar refractivity (Wildman–Crippen MR) is 116 cm³/mol. The third-order valence-corrected chi connectivity index (χ3v) is 5.20. The number of para-hydroxylation sites is 1. The fraction of sp³-hybridized carbons (Fsp3) is 0.273. The molecule has 1 N–H and O–H groups in total. The van der Waals surface area contributed by atoms with Gasteiger partial charge in [0.1, 0.15) is 6.54 Å². The molecule has 0 atom stereocenters. The average molecular weight is 411 g/mol. The molecule has 1 aliphatic heterocycles. The number of rotatable bonds is 5. The SMILES string of the molecule is Cc1ccc(-c2cn(CC(=O)Nc3ccccc3Cl)nc2N2CCOCC2)cc1. The van der Waals surface area contributed by atoms with Gasteiger partial charge in [-0.25, -0.2) is 0 Å². The Morgan fingerprint density at radius 3 is 2.59 bits per heavy atom. The third kappa shape index (κ3) is 4.60. The van der Waals surface area contributed by atoms with E-state index in [1.54, 1.807) is 16.8 Å². The first kappa shape index (κ1) is 19.5. The molecule has 0 radical (unpaired) electrons. The number of amides is 1. The first-order chi connectivity index (χ1) is 14.1. The van der Waals surface area contributed by atoms with Crippen molar-refractivity contribution in [1.82, 2.24) is 9.78 Å². The van der Waals surface area contributed by atoms with E-state index >= 15 is 0 Å². The van der Waals surface area contributed by atoms with E-state index in [2.05, 4.69) is 41.4 Å².